The molecule has 0 radical (unpaired) electrons. The summed E-state index contributed by atoms with van der Waals surface area (Å²) >= 11 is 18.0. The van der Waals surface area contributed by atoms with Crippen molar-refractivity contribution in [3.8, 4) is 56.9 Å². The maximum absolute atomic E-state index is 8.63. The Morgan fingerprint density at radius 2 is 0.500 bits per heavy atom. The molecule has 2 N–H and O–H groups in total. The number of benzene rings is 12. The molecule has 78 heavy (non-hydrogen) atoms. The van der Waals surface area contributed by atoms with E-state index >= 15 is 0 Å². The van der Waals surface area contributed by atoms with Crippen LogP contribution in [-0.4, -0.2) is 47.1 Å². The summed E-state index contributed by atoms with van der Waals surface area (Å²) in [6.45, 7) is 0. The molecule has 0 unspecified atom stereocenters. The molecule has 0 bridgehead atoms. The second-order valence-electron chi connectivity index (χ2n) is 18.4. The van der Waals surface area contributed by atoms with Crippen molar-refractivity contribution in [2.45, 2.75) is 0 Å². The lowest BCUT2D eigenvalue weighted by atomic mass is 9.81. The third-order valence-electron chi connectivity index (χ3n) is 13.6. The van der Waals surface area contributed by atoms with E-state index in [0.29, 0.717) is 44.6 Å². The molecule has 14 aromatic rings. The van der Waals surface area contributed by atoms with Gasteiger partial charge in [-0.3, -0.25) is 0 Å². The van der Waals surface area contributed by atoms with E-state index < -0.39 is 7.12 Å². The van der Waals surface area contributed by atoms with Gasteiger partial charge in [0, 0.05) is 37.9 Å². The third kappa shape index (κ3) is 10.2. The molecule has 12 heteroatoms. The average molecular weight is 1070 g/mol. The van der Waals surface area contributed by atoms with Gasteiger partial charge in [-0.2, -0.15) is 9.97 Å². The Morgan fingerprint density at radius 1 is 0.244 bits per heavy atom. The summed E-state index contributed by atoms with van der Waals surface area (Å²) in [5.74, 6) is 3.03. The predicted molar refractivity (Wildman–Crippen MR) is 323 cm³/mol. The lowest BCUT2D eigenvalue weighted by Crippen LogP contribution is -2.29. The van der Waals surface area contributed by atoms with Crippen molar-refractivity contribution in [2.24, 2.45) is 0 Å². The van der Waals surface area contributed by atoms with Gasteiger partial charge in [0.1, 0.15) is 0 Å². The van der Waals surface area contributed by atoms with Crippen LogP contribution < -0.4 is 5.46 Å². The standard InChI is InChI=1S/C33H20ClN3.C27H16ClN3.C6H6BClO2/c34-24-17-14-22(15-18-24)32-35-31(21-8-2-1-3-9-21)36-33(37-32)23-16-19-29-27-12-5-4-10-25(27)26-11-6-7-13-28(26)30(29)20-23;28-27-30-25(17-8-2-1-3-9-17)29-26(31-27)18-14-15-23-21-12-5-4-10-19(21)20-11-6-7-13-22(20)24(23)16-18;8-6-3-1-5(2-4-6)7(9)10/h1-20H;1-16H;1-4,9-10H. The Labute approximate surface area is 464 Å². The normalized spacial score (nSPS) is 11.1. The quantitative estimate of drug-likeness (QED) is 0.125. The summed E-state index contributed by atoms with van der Waals surface area (Å²) in [6.07, 6.45) is 0. The molecule has 0 aliphatic carbocycles. The molecule has 12 aromatic carbocycles. The van der Waals surface area contributed by atoms with Crippen LogP contribution in [0.25, 0.3) is 122 Å². The number of fused-ring (bicyclic) bond motifs is 12. The van der Waals surface area contributed by atoms with Crippen molar-refractivity contribution in [2.75, 3.05) is 0 Å². The number of aromatic nitrogens is 6. The molecule has 0 fully saturated rings. The second-order valence-corrected chi connectivity index (χ2v) is 19.6. The zero-order chi connectivity index (χ0) is 53.1. The lowest BCUT2D eigenvalue weighted by Gasteiger charge is -2.12. The fourth-order valence-corrected chi connectivity index (χ4v) is 10.3. The molecular formula is C66H42BCl3N6O2. The number of rotatable bonds is 6. The zero-order valence-corrected chi connectivity index (χ0v) is 43.7. The molecule has 0 aliphatic heterocycles. The summed E-state index contributed by atoms with van der Waals surface area (Å²) in [5.41, 5.74) is 5.05. The SMILES string of the molecule is Clc1ccc(-c2nc(-c3ccccc3)nc(-c3ccc4c5ccccc5c5ccccc5c4c3)n2)cc1.Clc1nc(-c2ccccc2)nc(-c2ccc3c4ccccc4c4ccccc4c3c2)n1.OB(O)c1ccc(Cl)cc1. The van der Waals surface area contributed by atoms with E-state index in [2.05, 4.69) is 143 Å². The summed E-state index contributed by atoms with van der Waals surface area (Å²) < 4.78 is 0. The highest BCUT2D eigenvalue weighted by Crippen LogP contribution is 2.39. The van der Waals surface area contributed by atoms with E-state index in [9.17, 15) is 0 Å². The van der Waals surface area contributed by atoms with Crippen LogP contribution in [0.3, 0.4) is 0 Å². The minimum absolute atomic E-state index is 0.187. The first-order valence-electron chi connectivity index (χ1n) is 25.1. The fraction of sp³-hybridized carbons (Fsp3) is 0. The Morgan fingerprint density at radius 3 is 0.859 bits per heavy atom. The molecule has 2 heterocycles. The second kappa shape index (κ2) is 22.0. The lowest BCUT2D eigenvalue weighted by molar-refractivity contribution is 0.426. The Bertz CT molecular complexity index is 4450. The van der Waals surface area contributed by atoms with Gasteiger partial charge >= 0.3 is 7.12 Å². The summed E-state index contributed by atoms with van der Waals surface area (Å²) in [7, 11) is -1.41. The molecule has 0 aliphatic rings. The van der Waals surface area contributed by atoms with Gasteiger partial charge < -0.3 is 10.0 Å². The van der Waals surface area contributed by atoms with E-state index in [1.165, 1.54) is 64.6 Å². The van der Waals surface area contributed by atoms with Crippen molar-refractivity contribution >= 4 is 112 Å². The predicted octanol–water partition coefficient (Wildman–Crippen LogP) is 16.3. The molecule has 0 amide bonds. The Kier molecular flexibility index (Phi) is 14.1. The number of halogens is 3. The van der Waals surface area contributed by atoms with Crippen molar-refractivity contribution in [3.63, 3.8) is 0 Å². The van der Waals surface area contributed by atoms with Crippen molar-refractivity contribution in [1.82, 2.24) is 29.9 Å². The molecule has 0 atom stereocenters. The summed E-state index contributed by atoms with van der Waals surface area (Å²) in [5, 5.41) is 33.4. The summed E-state index contributed by atoms with van der Waals surface area (Å²) in [6, 6.07) is 80.9. The minimum Gasteiger partial charge on any atom is -0.423 e. The Hall–Kier alpha value is -8.93. The highest BCUT2D eigenvalue weighted by atomic mass is 35.5. The van der Waals surface area contributed by atoms with Crippen LogP contribution in [0.15, 0.2) is 243 Å². The highest BCUT2D eigenvalue weighted by Gasteiger charge is 2.17. The molecule has 8 nitrogen and oxygen atoms in total. The van der Waals surface area contributed by atoms with E-state index in [0.717, 1.165) is 27.8 Å². The molecule has 0 saturated heterocycles. The maximum atomic E-state index is 8.63. The third-order valence-corrected chi connectivity index (χ3v) is 14.3. The van der Waals surface area contributed by atoms with Crippen LogP contribution in [0.2, 0.25) is 15.3 Å². The molecule has 2 aromatic heterocycles. The van der Waals surface area contributed by atoms with Crippen LogP contribution in [0, 0.1) is 0 Å². The van der Waals surface area contributed by atoms with Crippen molar-refractivity contribution < 1.29 is 10.0 Å². The van der Waals surface area contributed by atoms with Crippen LogP contribution in [0.4, 0.5) is 0 Å². The van der Waals surface area contributed by atoms with Gasteiger partial charge in [-0.1, -0.05) is 217 Å². The van der Waals surface area contributed by atoms with Crippen LogP contribution in [0.5, 0.6) is 0 Å². The Balaban J connectivity index is 0.000000134. The van der Waals surface area contributed by atoms with Crippen molar-refractivity contribution in [1.29, 1.82) is 0 Å². The van der Waals surface area contributed by atoms with Crippen LogP contribution in [-0.2, 0) is 0 Å². The minimum atomic E-state index is -1.41. The monoisotopic (exact) mass is 1070 g/mol. The van der Waals surface area contributed by atoms with E-state index in [-0.39, 0.29) is 5.28 Å². The fourth-order valence-electron chi connectivity index (χ4n) is 9.87. The van der Waals surface area contributed by atoms with Gasteiger partial charge in [0.2, 0.25) is 5.28 Å². The van der Waals surface area contributed by atoms with E-state index in [1.54, 1.807) is 24.3 Å². The molecular weight excluding hydrogens is 1030 g/mol. The first-order chi connectivity index (χ1) is 38.2. The highest BCUT2D eigenvalue weighted by molar-refractivity contribution is 6.58. The maximum Gasteiger partial charge on any atom is 0.488 e. The van der Waals surface area contributed by atoms with Gasteiger partial charge in [0.05, 0.1) is 0 Å². The average Bonchev–Trinajstić information content (AvgIpc) is 3.60. The molecule has 372 valence electrons. The zero-order valence-electron chi connectivity index (χ0n) is 41.4. The topological polar surface area (TPSA) is 118 Å². The number of hydrogen-bond acceptors (Lipinski definition) is 8. The van der Waals surface area contributed by atoms with Crippen LogP contribution >= 0.6 is 34.8 Å². The van der Waals surface area contributed by atoms with Crippen molar-refractivity contribution in [3.05, 3.63) is 258 Å². The molecule has 14 rings (SSSR count). The van der Waals surface area contributed by atoms with Gasteiger partial charge in [-0.05, 0) is 130 Å². The largest absolute Gasteiger partial charge is 0.488 e. The number of hydrogen-bond donors (Lipinski definition) is 2. The smallest absolute Gasteiger partial charge is 0.423 e. The van der Waals surface area contributed by atoms with Gasteiger partial charge in [0.15, 0.2) is 29.1 Å². The first kappa shape index (κ1) is 49.9. The summed E-state index contributed by atoms with van der Waals surface area (Å²) in [4.78, 5) is 28.1. The van der Waals surface area contributed by atoms with Gasteiger partial charge in [-0.15, -0.1) is 0 Å². The van der Waals surface area contributed by atoms with Crippen LogP contribution in [0.1, 0.15) is 0 Å². The van der Waals surface area contributed by atoms with Gasteiger partial charge in [-0.25, -0.2) is 19.9 Å². The molecule has 0 spiro atoms. The van der Waals surface area contributed by atoms with Gasteiger partial charge in [0.25, 0.3) is 0 Å². The van der Waals surface area contributed by atoms with E-state index in [1.807, 2.05) is 84.9 Å². The molecule has 0 saturated carbocycles. The number of nitrogens with zero attached hydrogens (tertiary/aromatic N) is 6. The van der Waals surface area contributed by atoms with E-state index in [4.69, 9.17) is 64.8 Å². The first-order valence-corrected chi connectivity index (χ1v) is 26.2.